The van der Waals surface area contributed by atoms with Crippen LogP contribution in [0, 0.1) is 5.92 Å². The van der Waals surface area contributed by atoms with E-state index in [2.05, 4.69) is 5.32 Å². The predicted molar refractivity (Wildman–Crippen MR) is 153 cm³/mol. The Morgan fingerprint density at radius 3 is 2.15 bits per heavy atom. The lowest BCUT2D eigenvalue weighted by molar-refractivity contribution is -0.123. The van der Waals surface area contributed by atoms with Crippen molar-refractivity contribution in [2.45, 2.75) is 26.3 Å². The number of carbonyl (C=O) groups excluding carboxylic acids is 2. The third-order valence-electron chi connectivity index (χ3n) is 7.11. The largest absolute Gasteiger partial charge is 0.497 e. The molecule has 0 bridgehead atoms. The summed E-state index contributed by atoms with van der Waals surface area (Å²) >= 11 is 0. The van der Waals surface area contributed by atoms with Crippen LogP contribution in [0.5, 0.6) is 5.75 Å². The number of ether oxygens (including phenoxy) is 1. The van der Waals surface area contributed by atoms with Gasteiger partial charge in [-0.3, -0.25) is 9.59 Å². The Morgan fingerprint density at radius 2 is 1.56 bits per heavy atom. The Morgan fingerprint density at radius 1 is 0.949 bits per heavy atom. The molecule has 0 unspecified atom stereocenters. The van der Waals surface area contributed by atoms with Crippen LogP contribution in [0.4, 0.5) is 0 Å². The van der Waals surface area contributed by atoms with Crippen molar-refractivity contribution in [2.24, 2.45) is 11.7 Å². The minimum absolute atomic E-state index is 0.00688. The Labute approximate surface area is 228 Å². The van der Waals surface area contributed by atoms with Crippen molar-refractivity contribution in [1.29, 1.82) is 0 Å². The van der Waals surface area contributed by atoms with E-state index in [0.29, 0.717) is 17.7 Å². The molecule has 5 rings (SSSR count). The molecule has 3 N–H and O–H groups in total. The Bertz CT molecular complexity index is 1520. The van der Waals surface area contributed by atoms with E-state index in [-0.39, 0.29) is 24.3 Å². The lowest BCUT2D eigenvalue weighted by Gasteiger charge is -2.23. The number of allylic oxidation sites excluding steroid dienone is 1. The molecule has 1 aromatic heterocycles. The molecule has 7 heteroatoms. The van der Waals surface area contributed by atoms with E-state index in [1.165, 1.54) is 4.68 Å². The maximum absolute atomic E-state index is 14.2. The highest BCUT2D eigenvalue weighted by Crippen LogP contribution is 2.39. The number of amides is 1. The predicted octanol–water partition coefficient (Wildman–Crippen LogP) is 4.98. The van der Waals surface area contributed by atoms with Crippen LogP contribution in [0.1, 0.15) is 29.9 Å². The maximum atomic E-state index is 14.2. The topological polar surface area (TPSA) is 99.2 Å². The first-order valence-corrected chi connectivity index (χ1v) is 13.1. The molecule has 2 heterocycles. The lowest BCUT2D eigenvalue weighted by Crippen LogP contribution is -2.45. The second kappa shape index (κ2) is 11.1. The second-order valence-electron chi connectivity index (χ2n) is 9.99. The summed E-state index contributed by atoms with van der Waals surface area (Å²) in [7, 11) is 1.60. The van der Waals surface area contributed by atoms with Gasteiger partial charge in [0.25, 0.3) is 5.91 Å². The minimum atomic E-state index is -0.635. The number of fused-ring (bicyclic) bond motifs is 1. The van der Waals surface area contributed by atoms with Crippen LogP contribution in [0.2, 0.25) is 0 Å². The summed E-state index contributed by atoms with van der Waals surface area (Å²) in [6, 6.07) is 26.6. The van der Waals surface area contributed by atoms with E-state index in [0.717, 1.165) is 39.2 Å². The molecule has 39 heavy (non-hydrogen) atoms. The Hall–Kier alpha value is -4.49. The summed E-state index contributed by atoms with van der Waals surface area (Å²) in [4.78, 5) is 27.0. The number of nitrogens with one attached hydrogen (secondary N) is 1. The van der Waals surface area contributed by atoms with E-state index in [9.17, 15) is 9.59 Å². The highest BCUT2D eigenvalue weighted by molar-refractivity contribution is 6.23. The molecule has 1 atom stereocenters. The fraction of sp³-hybridized carbons (Fsp3) is 0.219. The van der Waals surface area contributed by atoms with Gasteiger partial charge in [0.15, 0.2) is 0 Å². The molecule has 1 amide bonds. The number of carbonyl (C=O) groups is 2. The normalized spacial score (nSPS) is 13.8. The highest BCUT2D eigenvalue weighted by Gasteiger charge is 2.33. The van der Waals surface area contributed by atoms with Crippen molar-refractivity contribution in [3.8, 4) is 28.1 Å². The van der Waals surface area contributed by atoms with Gasteiger partial charge in [0, 0.05) is 24.1 Å². The van der Waals surface area contributed by atoms with E-state index in [4.69, 9.17) is 15.6 Å². The van der Waals surface area contributed by atoms with Crippen LogP contribution in [0.3, 0.4) is 0 Å². The smallest absolute Gasteiger partial charge is 0.279 e. The summed E-state index contributed by atoms with van der Waals surface area (Å²) in [6.07, 6.45) is 0.439. The zero-order valence-electron chi connectivity index (χ0n) is 22.3. The van der Waals surface area contributed by atoms with Crippen molar-refractivity contribution in [1.82, 2.24) is 15.1 Å². The Kier molecular flexibility index (Phi) is 7.43. The van der Waals surface area contributed by atoms with E-state index in [1.807, 2.05) is 98.8 Å². The number of methoxy groups -OCH3 is 1. The molecule has 7 nitrogen and oxygen atoms in total. The minimum Gasteiger partial charge on any atom is -0.497 e. The average Bonchev–Trinajstić information content (AvgIpc) is 3.36. The molecular formula is C32H32N4O3. The number of benzene rings is 3. The van der Waals surface area contributed by atoms with Crippen molar-refractivity contribution in [3.05, 3.63) is 102 Å². The molecule has 0 fully saturated rings. The first-order valence-electron chi connectivity index (χ1n) is 13.1. The summed E-state index contributed by atoms with van der Waals surface area (Å²) in [6.45, 7) is 4.02. The third kappa shape index (κ3) is 5.13. The molecule has 3 aromatic carbocycles. The monoisotopic (exact) mass is 520 g/mol. The van der Waals surface area contributed by atoms with Crippen molar-refractivity contribution in [3.63, 3.8) is 0 Å². The quantitative estimate of drug-likeness (QED) is 0.342. The molecular weight excluding hydrogens is 488 g/mol. The second-order valence-corrected chi connectivity index (χ2v) is 9.99. The van der Waals surface area contributed by atoms with Gasteiger partial charge in [-0.05, 0) is 34.8 Å². The van der Waals surface area contributed by atoms with Gasteiger partial charge in [0.1, 0.15) is 11.4 Å². The van der Waals surface area contributed by atoms with Crippen LogP contribution < -0.4 is 15.8 Å². The first kappa shape index (κ1) is 26.1. The Balaban J connectivity index is 1.65. The van der Waals surface area contributed by atoms with Crippen molar-refractivity contribution in [2.75, 3.05) is 13.7 Å². The van der Waals surface area contributed by atoms with Gasteiger partial charge in [0.05, 0.1) is 24.4 Å². The van der Waals surface area contributed by atoms with E-state index in [1.54, 1.807) is 7.11 Å². The summed E-state index contributed by atoms with van der Waals surface area (Å²) < 4.78 is 6.84. The van der Waals surface area contributed by atoms with E-state index < -0.39 is 6.04 Å². The van der Waals surface area contributed by atoms with Crippen molar-refractivity contribution < 1.29 is 14.3 Å². The van der Waals surface area contributed by atoms with Gasteiger partial charge in [-0.15, -0.1) is 0 Å². The number of hydrogen-bond donors (Lipinski definition) is 2. The standard InChI is InChI=1S/C32H32N4O3/c1-20(2)29(33)31(37)34-19-24-18-26-28(21-10-6-4-7-11-21)30(23-12-8-5-9-13-23)35-36(26)32(38)27(24)22-14-16-25(39-3)17-15-22/h4-17,20,29H,18-19,33H2,1-3H3,(H,34,37)/t29-/m0/s1. The maximum Gasteiger partial charge on any atom is 0.279 e. The average molecular weight is 521 g/mol. The fourth-order valence-corrected chi connectivity index (χ4v) is 4.89. The van der Waals surface area contributed by atoms with Crippen molar-refractivity contribution >= 4 is 17.4 Å². The summed E-state index contributed by atoms with van der Waals surface area (Å²) in [5.41, 5.74) is 12.5. The van der Waals surface area contributed by atoms with Gasteiger partial charge in [-0.25, -0.2) is 0 Å². The number of hydrogen-bond acceptors (Lipinski definition) is 5. The summed E-state index contributed by atoms with van der Waals surface area (Å²) in [5.74, 6) is 0.204. The molecule has 4 aromatic rings. The number of nitrogens with two attached hydrogens (primary N) is 1. The lowest BCUT2D eigenvalue weighted by atomic mass is 9.89. The molecule has 1 aliphatic rings. The van der Waals surface area contributed by atoms with Gasteiger partial charge >= 0.3 is 0 Å². The van der Waals surface area contributed by atoms with Gasteiger partial charge in [-0.2, -0.15) is 9.78 Å². The summed E-state index contributed by atoms with van der Waals surface area (Å²) in [5, 5.41) is 7.85. The number of rotatable bonds is 8. The molecule has 1 aliphatic heterocycles. The van der Waals surface area contributed by atoms with Crippen LogP contribution in [0.15, 0.2) is 90.5 Å². The molecule has 0 saturated heterocycles. The fourth-order valence-electron chi connectivity index (χ4n) is 4.89. The number of nitrogens with zero attached hydrogens (tertiary/aromatic N) is 2. The van der Waals surface area contributed by atoms with Gasteiger partial charge in [0.2, 0.25) is 5.91 Å². The SMILES string of the molecule is COc1ccc(C2=C(CNC(=O)[C@@H](N)C(C)C)Cc3c(-c4ccccc4)c(-c4ccccc4)nn3C2=O)cc1. The third-order valence-corrected chi connectivity index (χ3v) is 7.11. The molecule has 198 valence electrons. The molecule has 0 radical (unpaired) electrons. The van der Waals surface area contributed by atoms with Gasteiger partial charge < -0.3 is 15.8 Å². The highest BCUT2D eigenvalue weighted by atomic mass is 16.5. The van der Waals surface area contributed by atoms with Crippen LogP contribution in [0.25, 0.3) is 28.0 Å². The molecule has 0 saturated carbocycles. The zero-order chi connectivity index (χ0) is 27.5. The van der Waals surface area contributed by atoms with E-state index >= 15 is 0 Å². The number of aromatic nitrogens is 2. The zero-order valence-corrected chi connectivity index (χ0v) is 22.3. The van der Waals surface area contributed by atoms with Gasteiger partial charge in [-0.1, -0.05) is 86.6 Å². The van der Waals surface area contributed by atoms with Crippen LogP contribution in [-0.2, 0) is 11.2 Å². The molecule has 0 aliphatic carbocycles. The molecule has 0 spiro atoms. The van der Waals surface area contributed by atoms with Crippen LogP contribution >= 0.6 is 0 Å². The van der Waals surface area contributed by atoms with Crippen LogP contribution in [-0.4, -0.2) is 41.3 Å². The first-order chi connectivity index (χ1) is 18.9.